The van der Waals surface area contributed by atoms with Crippen LogP contribution in [0.2, 0.25) is 0 Å². The van der Waals surface area contributed by atoms with Gasteiger partial charge in [0.2, 0.25) is 0 Å². The van der Waals surface area contributed by atoms with Crippen LogP contribution in [0, 0.1) is 5.82 Å². The van der Waals surface area contributed by atoms with Crippen molar-refractivity contribution in [2.45, 2.75) is 31.9 Å². The molecule has 140 valence electrons. The maximum atomic E-state index is 14.0. The molecular formula is C22H24FN3O. The number of nitrogens with zero attached hydrogens (tertiary/aromatic N) is 2. The van der Waals surface area contributed by atoms with Crippen LogP contribution in [0.1, 0.15) is 31.4 Å². The van der Waals surface area contributed by atoms with Crippen molar-refractivity contribution in [1.82, 2.24) is 4.98 Å². The van der Waals surface area contributed by atoms with Crippen molar-refractivity contribution >= 4 is 22.4 Å². The Bertz CT molecular complexity index is 938. The van der Waals surface area contributed by atoms with Crippen LogP contribution in [0.5, 0.6) is 0 Å². The van der Waals surface area contributed by atoms with E-state index in [-0.39, 0.29) is 18.0 Å². The molecule has 1 aliphatic rings. The molecule has 4 nitrogen and oxygen atoms in total. The average molecular weight is 365 g/mol. The van der Waals surface area contributed by atoms with Gasteiger partial charge in [-0.2, -0.15) is 0 Å². The van der Waals surface area contributed by atoms with Gasteiger partial charge in [0.1, 0.15) is 11.6 Å². The van der Waals surface area contributed by atoms with Crippen molar-refractivity contribution in [1.29, 1.82) is 0 Å². The summed E-state index contributed by atoms with van der Waals surface area (Å²) in [4.78, 5) is 6.89. The number of aromatic nitrogens is 1. The molecule has 2 N–H and O–H groups in total. The first-order valence-electron chi connectivity index (χ1n) is 9.45. The highest BCUT2D eigenvalue weighted by Gasteiger charge is 2.22. The van der Waals surface area contributed by atoms with Crippen molar-refractivity contribution in [2.24, 2.45) is 0 Å². The fraction of sp³-hybridized carbons (Fsp3) is 0.318. The van der Waals surface area contributed by atoms with Crippen LogP contribution in [0.25, 0.3) is 10.9 Å². The molecule has 0 bridgehead atoms. The number of halogens is 1. The summed E-state index contributed by atoms with van der Waals surface area (Å²) in [6, 6.07) is 16.8. The number of fused-ring (bicyclic) bond motifs is 1. The van der Waals surface area contributed by atoms with Gasteiger partial charge in [-0.1, -0.05) is 18.2 Å². The van der Waals surface area contributed by atoms with Gasteiger partial charge in [0.25, 0.3) is 0 Å². The zero-order valence-corrected chi connectivity index (χ0v) is 15.4. The third-order valence-corrected chi connectivity index (χ3v) is 5.22. The summed E-state index contributed by atoms with van der Waals surface area (Å²) >= 11 is 0. The maximum Gasteiger partial charge on any atom is 0.127 e. The Labute approximate surface area is 158 Å². The van der Waals surface area contributed by atoms with Gasteiger partial charge in [-0.25, -0.2) is 9.37 Å². The third kappa shape index (κ3) is 3.88. The van der Waals surface area contributed by atoms with Crippen LogP contribution in [0.3, 0.4) is 0 Å². The summed E-state index contributed by atoms with van der Waals surface area (Å²) in [6.07, 6.45) is 1.25. The smallest absolute Gasteiger partial charge is 0.127 e. The number of rotatable bonds is 4. The summed E-state index contributed by atoms with van der Waals surface area (Å²) in [6.45, 7) is 3.58. The number of para-hydroxylation sites is 1. The Balaban J connectivity index is 1.60. The Morgan fingerprint density at radius 2 is 1.89 bits per heavy atom. The minimum atomic E-state index is -0.245. The molecule has 1 aliphatic heterocycles. The monoisotopic (exact) mass is 365 g/mol. The van der Waals surface area contributed by atoms with Gasteiger partial charge >= 0.3 is 0 Å². The summed E-state index contributed by atoms with van der Waals surface area (Å²) in [5, 5.41) is 14.3. The van der Waals surface area contributed by atoms with Crippen LogP contribution in [-0.2, 0) is 0 Å². The van der Waals surface area contributed by atoms with Crippen LogP contribution in [-0.4, -0.2) is 29.3 Å². The molecule has 1 fully saturated rings. The van der Waals surface area contributed by atoms with Crippen LogP contribution in [0.15, 0.2) is 54.6 Å². The zero-order valence-electron chi connectivity index (χ0n) is 15.4. The van der Waals surface area contributed by atoms with E-state index < -0.39 is 0 Å². The molecule has 0 radical (unpaired) electrons. The van der Waals surface area contributed by atoms with Gasteiger partial charge < -0.3 is 15.3 Å². The average Bonchev–Trinajstić information content (AvgIpc) is 2.68. The van der Waals surface area contributed by atoms with E-state index in [9.17, 15) is 9.50 Å². The lowest BCUT2D eigenvalue weighted by molar-refractivity contribution is 0.145. The molecule has 2 heterocycles. The predicted octanol–water partition coefficient (Wildman–Crippen LogP) is 4.51. The van der Waals surface area contributed by atoms with E-state index in [1.807, 2.05) is 49.4 Å². The Morgan fingerprint density at radius 1 is 1.11 bits per heavy atom. The van der Waals surface area contributed by atoms with E-state index in [0.29, 0.717) is 0 Å². The molecule has 4 rings (SSSR count). The Hall–Kier alpha value is -2.66. The van der Waals surface area contributed by atoms with Gasteiger partial charge in [-0.15, -0.1) is 0 Å². The molecule has 0 spiro atoms. The second kappa shape index (κ2) is 7.53. The number of aliphatic hydroxyl groups excluding tert-OH is 1. The van der Waals surface area contributed by atoms with E-state index in [0.717, 1.165) is 53.9 Å². The van der Waals surface area contributed by atoms with Crippen molar-refractivity contribution in [3.8, 4) is 0 Å². The van der Waals surface area contributed by atoms with Gasteiger partial charge in [0.05, 0.1) is 17.7 Å². The number of anilines is 2. The predicted molar refractivity (Wildman–Crippen MR) is 108 cm³/mol. The third-order valence-electron chi connectivity index (χ3n) is 5.22. The van der Waals surface area contributed by atoms with Crippen molar-refractivity contribution < 1.29 is 9.50 Å². The molecule has 1 aromatic heterocycles. The highest BCUT2D eigenvalue weighted by Crippen LogP contribution is 2.31. The minimum Gasteiger partial charge on any atom is -0.393 e. The first kappa shape index (κ1) is 17.7. The van der Waals surface area contributed by atoms with Crippen molar-refractivity contribution in [3.05, 3.63) is 66.0 Å². The number of piperidine rings is 1. The maximum absolute atomic E-state index is 14.0. The number of benzene rings is 2. The molecule has 1 unspecified atom stereocenters. The van der Waals surface area contributed by atoms with E-state index in [4.69, 9.17) is 0 Å². The molecule has 3 aromatic rings. The lowest BCUT2D eigenvalue weighted by Gasteiger charge is -2.34. The standard InChI is InChI=1S/C22H24FN3O/c1-15(24-22-9-6-16-4-2-3-5-20(16)25-22)19-14-17(23)7-8-21(19)26-12-10-18(27)11-13-26/h2-9,14-15,18,27H,10-13H2,1H3,(H,24,25). The van der Waals surface area contributed by atoms with Gasteiger partial charge in [-0.05, 0) is 56.2 Å². The fourth-order valence-corrected chi connectivity index (χ4v) is 3.71. The lowest BCUT2D eigenvalue weighted by atomic mass is 10.0. The van der Waals surface area contributed by atoms with E-state index in [1.54, 1.807) is 6.07 Å². The number of nitrogens with one attached hydrogen (secondary N) is 1. The second-order valence-electron chi connectivity index (χ2n) is 7.18. The molecule has 0 amide bonds. The largest absolute Gasteiger partial charge is 0.393 e. The lowest BCUT2D eigenvalue weighted by Crippen LogP contribution is -2.36. The first-order chi connectivity index (χ1) is 13.1. The van der Waals surface area contributed by atoms with E-state index >= 15 is 0 Å². The summed E-state index contributed by atoms with van der Waals surface area (Å²) in [5.41, 5.74) is 2.85. The van der Waals surface area contributed by atoms with E-state index in [1.165, 1.54) is 6.07 Å². The quantitative estimate of drug-likeness (QED) is 0.714. The van der Waals surface area contributed by atoms with E-state index in [2.05, 4.69) is 15.2 Å². The highest BCUT2D eigenvalue weighted by molar-refractivity contribution is 5.80. The molecule has 0 saturated carbocycles. The minimum absolute atomic E-state index is 0.101. The fourth-order valence-electron chi connectivity index (χ4n) is 3.71. The summed E-state index contributed by atoms with van der Waals surface area (Å²) < 4.78 is 14.0. The SMILES string of the molecule is CC(Nc1ccc2ccccc2n1)c1cc(F)ccc1N1CCC(O)CC1. The normalized spacial score (nSPS) is 16.5. The van der Waals surface area contributed by atoms with Gasteiger partial charge in [0.15, 0.2) is 0 Å². The van der Waals surface area contributed by atoms with Crippen LogP contribution >= 0.6 is 0 Å². The van der Waals surface area contributed by atoms with Crippen molar-refractivity contribution in [3.63, 3.8) is 0 Å². The zero-order chi connectivity index (χ0) is 18.8. The van der Waals surface area contributed by atoms with Crippen LogP contribution in [0.4, 0.5) is 15.9 Å². The highest BCUT2D eigenvalue weighted by atomic mass is 19.1. The molecule has 5 heteroatoms. The molecule has 0 aliphatic carbocycles. The Morgan fingerprint density at radius 3 is 2.70 bits per heavy atom. The molecular weight excluding hydrogens is 341 g/mol. The number of aliphatic hydroxyl groups is 1. The summed E-state index contributed by atoms with van der Waals surface area (Å²) in [7, 11) is 0. The number of hydrogen-bond acceptors (Lipinski definition) is 4. The molecule has 2 aromatic carbocycles. The van der Waals surface area contributed by atoms with Crippen LogP contribution < -0.4 is 10.2 Å². The van der Waals surface area contributed by atoms with Gasteiger partial charge in [-0.3, -0.25) is 0 Å². The molecule has 1 atom stereocenters. The Kier molecular flexibility index (Phi) is 4.94. The number of hydrogen-bond donors (Lipinski definition) is 2. The molecule has 27 heavy (non-hydrogen) atoms. The molecule has 1 saturated heterocycles. The summed E-state index contributed by atoms with van der Waals surface area (Å²) in [5.74, 6) is 0.524. The van der Waals surface area contributed by atoms with Gasteiger partial charge in [0, 0.05) is 29.7 Å². The second-order valence-corrected chi connectivity index (χ2v) is 7.18. The topological polar surface area (TPSA) is 48.4 Å². The number of pyridine rings is 1. The first-order valence-corrected chi connectivity index (χ1v) is 9.45. The van der Waals surface area contributed by atoms with Crippen molar-refractivity contribution in [2.75, 3.05) is 23.3 Å².